The van der Waals surface area contributed by atoms with Crippen LogP contribution in [-0.4, -0.2) is 16.7 Å². The van der Waals surface area contributed by atoms with Crippen molar-refractivity contribution in [1.29, 1.82) is 0 Å². The Morgan fingerprint density at radius 3 is 2.24 bits per heavy atom. The van der Waals surface area contributed by atoms with Crippen LogP contribution in [0.25, 0.3) is 0 Å². The molecule has 0 amide bonds. The highest BCUT2D eigenvalue weighted by molar-refractivity contribution is 5.18. The Balaban J connectivity index is 1.61. The van der Waals surface area contributed by atoms with Gasteiger partial charge in [-0.05, 0) is 130 Å². The van der Waals surface area contributed by atoms with Crippen molar-refractivity contribution in [2.75, 3.05) is 0 Å². The predicted octanol–water partition coefficient (Wildman–Crippen LogP) is 8.30. The number of fused-ring (bicyclic) bond motifs is 5. The van der Waals surface area contributed by atoms with E-state index < -0.39 is 5.60 Å². The second kappa shape index (κ2) is 8.17. The summed E-state index contributed by atoms with van der Waals surface area (Å²) in [6, 6.07) is -0.0291. The highest BCUT2D eigenvalue weighted by atomic mass is 16.3. The fourth-order valence-electron chi connectivity index (χ4n) is 10.5. The second-order valence-electron chi connectivity index (χ2n) is 14.5. The summed E-state index contributed by atoms with van der Waals surface area (Å²) in [5.41, 5.74) is 1.70. The largest absolute Gasteiger partial charge is 0.390 e. The molecule has 3 nitrogen and oxygen atoms in total. The summed E-state index contributed by atoms with van der Waals surface area (Å²) in [4.78, 5) is 11.7. The van der Waals surface area contributed by atoms with Crippen molar-refractivity contribution < 1.29 is 5.11 Å². The number of aliphatic hydroxyl groups is 1. The summed E-state index contributed by atoms with van der Waals surface area (Å²) >= 11 is 0. The van der Waals surface area contributed by atoms with Gasteiger partial charge in [-0.1, -0.05) is 51.4 Å². The first-order valence-electron chi connectivity index (χ1n) is 13.9. The summed E-state index contributed by atoms with van der Waals surface area (Å²) in [6.07, 6.45) is 13.7. The minimum Gasteiger partial charge on any atom is -0.390 e. The lowest BCUT2D eigenvalue weighted by atomic mass is 9.35. The van der Waals surface area contributed by atoms with Crippen LogP contribution < -0.4 is 0 Å². The maximum Gasteiger partial charge on any atom is 0.0973 e. The molecule has 4 aliphatic carbocycles. The molecule has 0 heterocycles. The molecule has 0 saturated heterocycles. The molecule has 4 rings (SSSR count). The molecule has 0 aromatic heterocycles. The van der Waals surface area contributed by atoms with Gasteiger partial charge in [-0.25, -0.2) is 0 Å². The average Bonchev–Trinajstić information content (AvgIpc) is 3.06. The summed E-state index contributed by atoms with van der Waals surface area (Å²) in [5.74, 6) is 2.35. The van der Waals surface area contributed by atoms with Crippen molar-refractivity contribution in [2.45, 2.75) is 131 Å². The molecule has 6 unspecified atom stereocenters. The lowest BCUT2D eigenvalue weighted by Gasteiger charge is -2.69. The lowest BCUT2D eigenvalue weighted by Crippen LogP contribution is -2.64. The molecule has 33 heavy (non-hydrogen) atoms. The fraction of sp³-hybridized carbons (Fsp3) is 0.933. The van der Waals surface area contributed by atoms with Crippen LogP contribution in [0.5, 0.6) is 0 Å². The zero-order chi connectivity index (χ0) is 24.4. The van der Waals surface area contributed by atoms with Gasteiger partial charge in [-0.2, -0.15) is 4.91 Å². The van der Waals surface area contributed by atoms with Crippen LogP contribution in [0.3, 0.4) is 0 Å². The zero-order valence-electron chi connectivity index (χ0n) is 22.8. The summed E-state index contributed by atoms with van der Waals surface area (Å²) in [6.45, 7) is 18.9. The van der Waals surface area contributed by atoms with Gasteiger partial charge >= 0.3 is 0 Å². The SMILES string of the molecule is CC(C)=CCCC(C)(O)C1CC[C@]2(C)C1CCC1[C@@]3(C)CCC(N=O)C(C)(C)C3CC[C@]12C. The maximum absolute atomic E-state index is 11.7. The highest BCUT2D eigenvalue weighted by Gasteiger charge is 2.69. The van der Waals surface area contributed by atoms with Crippen LogP contribution >= 0.6 is 0 Å². The molecule has 9 atom stereocenters. The molecule has 0 aliphatic heterocycles. The van der Waals surface area contributed by atoms with E-state index in [4.69, 9.17) is 0 Å². The van der Waals surface area contributed by atoms with E-state index in [0.717, 1.165) is 25.7 Å². The van der Waals surface area contributed by atoms with Gasteiger partial charge < -0.3 is 5.11 Å². The Kier molecular flexibility index (Phi) is 6.29. The standard InChI is InChI=1S/C30H51NO2/c1-20(2)10-9-16-30(8,32)22-13-18-28(6)21(22)11-12-24-27(5)17-15-25(31-33)26(3,4)23(27)14-19-29(24,28)7/h10,21-25,32H,9,11-19H2,1-8H3/t21?,22?,23?,24?,25?,27-,28+,29+,30?/m0/s1. The van der Waals surface area contributed by atoms with E-state index in [1.165, 1.54) is 44.1 Å². The first-order chi connectivity index (χ1) is 15.2. The Bertz CT molecular complexity index is 795. The molecule has 0 bridgehead atoms. The number of nitrogens with zero attached hydrogens (tertiary/aromatic N) is 1. The normalized spacial score (nSPS) is 48.1. The van der Waals surface area contributed by atoms with Crippen LogP contribution in [0.2, 0.25) is 0 Å². The number of hydrogen-bond donors (Lipinski definition) is 1. The third-order valence-corrected chi connectivity index (χ3v) is 12.5. The fourth-order valence-corrected chi connectivity index (χ4v) is 10.5. The maximum atomic E-state index is 11.7. The van der Waals surface area contributed by atoms with Crippen molar-refractivity contribution in [1.82, 2.24) is 0 Å². The van der Waals surface area contributed by atoms with Crippen LogP contribution in [0.1, 0.15) is 120 Å². The lowest BCUT2D eigenvalue weighted by molar-refractivity contribution is -0.210. The Morgan fingerprint density at radius 1 is 0.939 bits per heavy atom. The summed E-state index contributed by atoms with van der Waals surface area (Å²) in [7, 11) is 0. The van der Waals surface area contributed by atoms with Crippen LogP contribution in [-0.2, 0) is 0 Å². The van der Waals surface area contributed by atoms with Crippen LogP contribution in [0.4, 0.5) is 0 Å². The molecular weight excluding hydrogens is 406 g/mol. The molecule has 0 aromatic rings. The zero-order valence-corrected chi connectivity index (χ0v) is 22.8. The molecule has 0 radical (unpaired) electrons. The van der Waals surface area contributed by atoms with Gasteiger partial charge in [0.2, 0.25) is 0 Å². The van der Waals surface area contributed by atoms with Crippen LogP contribution in [0.15, 0.2) is 16.8 Å². The van der Waals surface area contributed by atoms with E-state index in [1.807, 2.05) is 0 Å². The van der Waals surface area contributed by atoms with E-state index in [2.05, 4.69) is 66.6 Å². The van der Waals surface area contributed by atoms with Gasteiger partial charge in [-0.15, -0.1) is 0 Å². The van der Waals surface area contributed by atoms with Crippen molar-refractivity contribution in [3.05, 3.63) is 16.6 Å². The van der Waals surface area contributed by atoms with Crippen molar-refractivity contribution in [2.24, 2.45) is 50.5 Å². The quantitative estimate of drug-likeness (QED) is 0.333. The first-order valence-corrected chi connectivity index (χ1v) is 13.9. The van der Waals surface area contributed by atoms with Crippen molar-refractivity contribution in [3.63, 3.8) is 0 Å². The Labute approximate surface area is 203 Å². The van der Waals surface area contributed by atoms with Gasteiger partial charge in [0.1, 0.15) is 0 Å². The van der Waals surface area contributed by atoms with E-state index in [-0.39, 0.29) is 11.5 Å². The minimum absolute atomic E-state index is 0.000637. The average molecular weight is 458 g/mol. The van der Waals surface area contributed by atoms with E-state index in [9.17, 15) is 10.0 Å². The third kappa shape index (κ3) is 3.61. The smallest absolute Gasteiger partial charge is 0.0973 e. The van der Waals surface area contributed by atoms with E-state index >= 15 is 0 Å². The van der Waals surface area contributed by atoms with E-state index in [1.54, 1.807) is 0 Å². The molecule has 4 saturated carbocycles. The van der Waals surface area contributed by atoms with Crippen molar-refractivity contribution >= 4 is 0 Å². The predicted molar refractivity (Wildman–Crippen MR) is 138 cm³/mol. The summed E-state index contributed by atoms with van der Waals surface area (Å²) < 4.78 is 0. The molecule has 188 valence electrons. The van der Waals surface area contributed by atoms with Crippen molar-refractivity contribution in [3.8, 4) is 0 Å². The van der Waals surface area contributed by atoms with Crippen LogP contribution in [0, 0.1) is 50.2 Å². The number of nitroso groups, excluding NO2 is 1. The molecule has 0 aromatic carbocycles. The number of hydrogen-bond acceptors (Lipinski definition) is 3. The minimum atomic E-state index is -0.575. The van der Waals surface area contributed by atoms with Gasteiger partial charge in [-0.3, -0.25) is 0 Å². The van der Waals surface area contributed by atoms with Gasteiger partial charge in [0, 0.05) is 0 Å². The topological polar surface area (TPSA) is 49.7 Å². The monoisotopic (exact) mass is 457 g/mol. The Hall–Kier alpha value is -0.700. The van der Waals surface area contributed by atoms with Gasteiger partial charge in [0.15, 0.2) is 0 Å². The molecular formula is C30H51NO2. The third-order valence-electron chi connectivity index (χ3n) is 12.5. The molecule has 3 heteroatoms. The highest BCUT2D eigenvalue weighted by Crippen LogP contribution is 2.75. The Morgan fingerprint density at radius 2 is 1.61 bits per heavy atom. The summed E-state index contributed by atoms with van der Waals surface area (Å²) in [5, 5.41) is 15.3. The van der Waals surface area contributed by atoms with E-state index in [0.29, 0.717) is 39.9 Å². The van der Waals surface area contributed by atoms with Gasteiger partial charge in [0.05, 0.1) is 11.6 Å². The molecule has 0 spiro atoms. The molecule has 4 aliphatic rings. The van der Waals surface area contributed by atoms with Gasteiger partial charge in [0.25, 0.3) is 0 Å². The second-order valence-corrected chi connectivity index (χ2v) is 14.5. The molecule has 1 N–H and O–H groups in total. The molecule has 4 fully saturated rings. The first kappa shape index (κ1) is 25.4. The number of rotatable bonds is 5. The number of allylic oxidation sites excluding steroid dienone is 2.